The van der Waals surface area contributed by atoms with Gasteiger partial charge in [-0.05, 0) is 43.5 Å². The summed E-state index contributed by atoms with van der Waals surface area (Å²) in [7, 11) is 1.44. The third-order valence-corrected chi connectivity index (χ3v) is 3.88. The van der Waals surface area contributed by atoms with E-state index in [4.69, 9.17) is 5.73 Å². The molecule has 1 aromatic carbocycles. The second kappa shape index (κ2) is 7.48. The fourth-order valence-electron chi connectivity index (χ4n) is 2.62. The van der Waals surface area contributed by atoms with E-state index in [-0.39, 0.29) is 22.7 Å². The first-order valence-electron chi connectivity index (χ1n) is 7.64. The monoisotopic (exact) mass is 379 g/mol. The summed E-state index contributed by atoms with van der Waals surface area (Å²) in [4.78, 5) is 28.1. The lowest BCUT2D eigenvalue weighted by atomic mass is 10.0. The van der Waals surface area contributed by atoms with Crippen LogP contribution in [0.3, 0.4) is 0 Å². The lowest BCUT2D eigenvalue weighted by Crippen LogP contribution is -2.29. The fourth-order valence-corrected chi connectivity index (χ4v) is 2.62. The van der Waals surface area contributed by atoms with Gasteiger partial charge in [0, 0.05) is 24.0 Å². The zero-order valence-corrected chi connectivity index (χ0v) is 14.4. The molecule has 0 radical (unpaired) electrons. The van der Waals surface area contributed by atoms with Gasteiger partial charge in [-0.15, -0.1) is 0 Å². The first-order chi connectivity index (χ1) is 12.6. The van der Waals surface area contributed by atoms with Crippen molar-refractivity contribution in [1.82, 2.24) is 4.57 Å². The molecule has 6 nitrogen and oxygen atoms in total. The summed E-state index contributed by atoms with van der Waals surface area (Å²) in [6.45, 7) is 1.48. The van der Waals surface area contributed by atoms with E-state index in [1.54, 1.807) is 0 Å². The molecule has 0 aliphatic rings. The lowest BCUT2D eigenvalue weighted by Gasteiger charge is -2.17. The van der Waals surface area contributed by atoms with Gasteiger partial charge in [-0.3, -0.25) is 14.4 Å². The summed E-state index contributed by atoms with van der Waals surface area (Å²) < 4.78 is 40.0. The Labute approximate surface area is 152 Å². The van der Waals surface area contributed by atoms with E-state index in [1.807, 2.05) is 0 Å². The van der Waals surface area contributed by atoms with Crippen LogP contribution in [0.1, 0.15) is 27.2 Å². The van der Waals surface area contributed by atoms with Crippen LogP contribution in [0.4, 0.5) is 13.2 Å². The largest absolute Gasteiger partial charge is 0.477 e. The second-order valence-electron chi connectivity index (χ2n) is 5.52. The van der Waals surface area contributed by atoms with Crippen LogP contribution in [0.25, 0.3) is 5.69 Å². The summed E-state index contributed by atoms with van der Waals surface area (Å²) in [6, 6.07) is 5.21. The summed E-state index contributed by atoms with van der Waals surface area (Å²) in [5.74, 6) is -1.51. The van der Waals surface area contributed by atoms with Crippen LogP contribution < -0.4 is 11.3 Å². The Hall–Kier alpha value is -3.36. The quantitative estimate of drug-likeness (QED) is 0.798. The molecule has 0 saturated heterocycles. The number of aromatic nitrogens is 1. The Kier molecular flexibility index (Phi) is 5.53. The minimum atomic E-state index is -4.61. The average Bonchev–Trinajstić information content (AvgIpc) is 2.59. The molecule has 1 aromatic heterocycles. The van der Waals surface area contributed by atoms with Gasteiger partial charge >= 0.3 is 12.1 Å². The molecule has 3 N–H and O–H groups in total. The van der Waals surface area contributed by atoms with Crippen LogP contribution >= 0.6 is 0 Å². The van der Waals surface area contributed by atoms with Crippen LogP contribution in [0.2, 0.25) is 0 Å². The number of allylic oxidation sites excluding steroid dienone is 1. The van der Waals surface area contributed by atoms with Crippen molar-refractivity contribution < 1.29 is 23.1 Å². The maximum absolute atomic E-state index is 13.0. The van der Waals surface area contributed by atoms with E-state index >= 15 is 0 Å². The number of carboxylic acids is 1. The third-order valence-electron chi connectivity index (χ3n) is 3.88. The number of nitrogens with two attached hydrogens (primary N) is 1. The molecule has 9 heteroatoms. The number of halogens is 3. The number of aromatic carboxylic acids is 1. The predicted molar refractivity (Wildman–Crippen MR) is 94.5 cm³/mol. The van der Waals surface area contributed by atoms with Crippen molar-refractivity contribution in [3.05, 3.63) is 75.3 Å². The van der Waals surface area contributed by atoms with Crippen molar-refractivity contribution in [2.75, 3.05) is 7.05 Å². The van der Waals surface area contributed by atoms with Crippen LogP contribution in [0.5, 0.6) is 0 Å². The van der Waals surface area contributed by atoms with Crippen molar-refractivity contribution in [3.8, 4) is 5.69 Å². The maximum atomic E-state index is 13.0. The van der Waals surface area contributed by atoms with Gasteiger partial charge in [0.2, 0.25) is 0 Å². The summed E-state index contributed by atoms with van der Waals surface area (Å²) in [5.41, 5.74) is 3.51. The summed E-state index contributed by atoms with van der Waals surface area (Å²) in [6.07, 6.45) is -2.03. The topological polar surface area (TPSA) is 97.7 Å². The van der Waals surface area contributed by atoms with E-state index in [9.17, 15) is 27.9 Å². The second-order valence-corrected chi connectivity index (χ2v) is 5.52. The molecular weight excluding hydrogens is 363 g/mol. The van der Waals surface area contributed by atoms with Crippen LogP contribution in [0, 0.1) is 6.92 Å². The van der Waals surface area contributed by atoms with Crippen LogP contribution in [-0.4, -0.2) is 28.4 Å². The number of carboxylic acid groups (broad SMARTS) is 1. The van der Waals surface area contributed by atoms with Gasteiger partial charge in [-0.25, -0.2) is 4.79 Å². The molecule has 27 heavy (non-hydrogen) atoms. The molecule has 0 unspecified atom stereocenters. The number of nitrogens with zero attached hydrogens (tertiary/aromatic N) is 2. The highest BCUT2D eigenvalue weighted by Gasteiger charge is 2.31. The normalized spacial score (nSPS) is 12.6. The highest BCUT2D eigenvalue weighted by atomic mass is 19.4. The maximum Gasteiger partial charge on any atom is 0.416 e. The fraction of sp³-hybridized carbons (Fsp3) is 0.167. The van der Waals surface area contributed by atoms with Gasteiger partial charge in [0.1, 0.15) is 5.56 Å². The van der Waals surface area contributed by atoms with Gasteiger partial charge in [-0.2, -0.15) is 13.2 Å². The molecule has 142 valence electrons. The SMILES string of the molecule is CN=C(C=CN)c1cc(C(=O)O)c(=O)n(-c2cccc(C(F)(F)F)c2)c1C. The van der Waals surface area contributed by atoms with Crippen molar-refractivity contribution in [3.63, 3.8) is 0 Å². The molecule has 0 atom stereocenters. The number of carbonyl (C=O) groups is 1. The van der Waals surface area contributed by atoms with Gasteiger partial charge < -0.3 is 10.8 Å². The molecular formula is C18H16F3N3O3. The molecule has 2 rings (SSSR count). The molecule has 0 amide bonds. The van der Waals surface area contributed by atoms with E-state index in [0.29, 0.717) is 0 Å². The number of pyridine rings is 1. The van der Waals surface area contributed by atoms with E-state index in [1.165, 1.54) is 32.3 Å². The van der Waals surface area contributed by atoms with E-state index in [0.717, 1.165) is 28.8 Å². The zero-order chi connectivity index (χ0) is 20.4. The lowest BCUT2D eigenvalue weighted by molar-refractivity contribution is -0.137. The van der Waals surface area contributed by atoms with Crippen LogP contribution in [0.15, 0.2) is 52.4 Å². The zero-order valence-electron chi connectivity index (χ0n) is 14.4. The molecule has 0 aliphatic carbocycles. The number of hydrogen-bond acceptors (Lipinski definition) is 4. The third kappa shape index (κ3) is 3.91. The summed E-state index contributed by atoms with van der Waals surface area (Å²) >= 11 is 0. The average molecular weight is 379 g/mol. The van der Waals surface area contributed by atoms with Gasteiger partial charge in [0.05, 0.1) is 11.3 Å². The highest BCUT2D eigenvalue weighted by Crippen LogP contribution is 2.30. The van der Waals surface area contributed by atoms with Crippen molar-refractivity contribution in [2.24, 2.45) is 10.7 Å². The van der Waals surface area contributed by atoms with Crippen LogP contribution in [-0.2, 0) is 6.18 Å². The number of hydrogen-bond donors (Lipinski definition) is 2. The van der Waals surface area contributed by atoms with E-state index in [2.05, 4.69) is 4.99 Å². The van der Waals surface area contributed by atoms with E-state index < -0.39 is 28.8 Å². The number of alkyl halides is 3. The van der Waals surface area contributed by atoms with Crippen molar-refractivity contribution in [1.29, 1.82) is 0 Å². The molecule has 0 spiro atoms. The Morgan fingerprint density at radius 1 is 1.26 bits per heavy atom. The highest BCUT2D eigenvalue weighted by molar-refractivity contribution is 6.10. The number of rotatable bonds is 4. The standard InChI is InChI=1S/C18H16F3N3O3/c1-10-13(15(23-2)6-7-22)9-14(17(26)27)16(25)24(10)12-5-3-4-11(8-12)18(19,20)21/h3-9H,22H2,1-2H3,(H,26,27). The molecule has 0 bridgehead atoms. The smallest absolute Gasteiger partial charge is 0.416 e. The molecule has 0 aliphatic heterocycles. The van der Waals surface area contributed by atoms with Gasteiger partial charge in [0.15, 0.2) is 0 Å². The molecule has 1 heterocycles. The Morgan fingerprint density at radius 3 is 2.44 bits per heavy atom. The number of benzene rings is 1. The van der Waals surface area contributed by atoms with Gasteiger partial charge in [-0.1, -0.05) is 6.07 Å². The molecule has 0 saturated carbocycles. The summed E-state index contributed by atoms with van der Waals surface area (Å²) in [5, 5.41) is 9.34. The Morgan fingerprint density at radius 2 is 1.93 bits per heavy atom. The Balaban J connectivity index is 2.90. The minimum absolute atomic E-state index is 0.108. The van der Waals surface area contributed by atoms with Crippen molar-refractivity contribution >= 4 is 11.7 Å². The first-order valence-corrected chi connectivity index (χ1v) is 7.64. The minimum Gasteiger partial charge on any atom is -0.477 e. The molecule has 0 fully saturated rings. The van der Waals surface area contributed by atoms with Crippen molar-refractivity contribution in [2.45, 2.75) is 13.1 Å². The predicted octanol–water partition coefficient (Wildman–Crippen LogP) is 2.75. The Bertz CT molecular complexity index is 1010. The van der Waals surface area contributed by atoms with Gasteiger partial charge in [0.25, 0.3) is 5.56 Å². The number of aliphatic imine (C=N–C) groups is 1. The molecule has 2 aromatic rings. The first kappa shape index (κ1) is 20.0.